The molecule has 0 aromatic carbocycles. The van der Waals surface area contributed by atoms with Crippen molar-refractivity contribution in [3.05, 3.63) is 0 Å². The van der Waals surface area contributed by atoms with Crippen LogP contribution >= 0.6 is 0 Å². The van der Waals surface area contributed by atoms with Crippen molar-refractivity contribution in [3.63, 3.8) is 0 Å². The van der Waals surface area contributed by atoms with Gasteiger partial charge in [-0.3, -0.25) is 0 Å². The number of aliphatic hydroxyl groups is 1. The normalized spacial score (nSPS) is 41.7. The van der Waals surface area contributed by atoms with Gasteiger partial charge in [-0.15, -0.1) is 0 Å². The molecular formula is C9H16O2. The molecule has 64 valence electrons. The van der Waals surface area contributed by atoms with Crippen molar-refractivity contribution < 1.29 is 9.84 Å². The standard InChI is InChI=1S/C9H16O2/c10-5-1-2-7-3-4-8-9(6-7)11-8/h7-10H,1-6H2. The van der Waals surface area contributed by atoms with Gasteiger partial charge in [0.2, 0.25) is 0 Å². The van der Waals surface area contributed by atoms with E-state index >= 15 is 0 Å². The van der Waals surface area contributed by atoms with Crippen molar-refractivity contribution in [2.75, 3.05) is 6.61 Å². The van der Waals surface area contributed by atoms with E-state index < -0.39 is 0 Å². The second kappa shape index (κ2) is 3.11. The number of hydrogen-bond donors (Lipinski definition) is 1. The zero-order valence-corrected chi connectivity index (χ0v) is 6.83. The van der Waals surface area contributed by atoms with E-state index in [9.17, 15) is 0 Å². The average molecular weight is 156 g/mol. The van der Waals surface area contributed by atoms with Gasteiger partial charge in [0.15, 0.2) is 0 Å². The monoisotopic (exact) mass is 156 g/mol. The fraction of sp³-hybridized carbons (Fsp3) is 1.00. The Bertz CT molecular complexity index is 136. The summed E-state index contributed by atoms with van der Waals surface area (Å²) < 4.78 is 5.43. The molecule has 2 aliphatic rings. The van der Waals surface area contributed by atoms with Crippen molar-refractivity contribution in [3.8, 4) is 0 Å². The molecule has 1 aliphatic carbocycles. The van der Waals surface area contributed by atoms with E-state index in [1.165, 1.54) is 25.7 Å². The molecule has 11 heavy (non-hydrogen) atoms. The maximum Gasteiger partial charge on any atom is 0.0844 e. The minimum atomic E-state index is 0.353. The second-order valence-electron chi connectivity index (χ2n) is 3.76. The summed E-state index contributed by atoms with van der Waals surface area (Å²) in [6.07, 6.45) is 7.24. The molecule has 0 aromatic rings. The van der Waals surface area contributed by atoms with E-state index in [2.05, 4.69) is 0 Å². The predicted molar refractivity (Wildman–Crippen MR) is 42.3 cm³/mol. The van der Waals surface area contributed by atoms with Crippen molar-refractivity contribution in [1.29, 1.82) is 0 Å². The van der Waals surface area contributed by atoms with Gasteiger partial charge in [0, 0.05) is 6.61 Å². The van der Waals surface area contributed by atoms with Crippen LogP contribution in [0.25, 0.3) is 0 Å². The Morgan fingerprint density at radius 2 is 2.18 bits per heavy atom. The van der Waals surface area contributed by atoms with Crippen molar-refractivity contribution in [1.82, 2.24) is 0 Å². The molecule has 0 aromatic heterocycles. The molecule has 0 bridgehead atoms. The van der Waals surface area contributed by atoms with Crippen molar-refractivity contribution >= 4 is 0 Å². The lowest BCUT2D eigenvalue weighted by atomic mass is 9.86. The third-order valence-corrected chi connectivity index (χ3v) is 2.88. The van der Waals surface area contributed by atoms with Crippen LogP contribution in [0.2, 0.25) is 0 Å². The Morgan fingerprint density at radius 3 is 2.91 bits per heavy atom. The third-order valence-electron chi connectivity index (χ3n) is 2.88. The van der Waals surface area contributed by atoms with Crippen LogP contribution in [0.4, 0.5) is 0 Å². The highest BCUT2D eigenvalue weighted by Gasteiger charge is 2.43. The molecule has 2 nitrogen and oxygen atoms in total. The van der Waals surface area contributed by atoms with Gasteiger partial charge in [0.25, 0.3) is 0 Å². The summed E-state index contributed by atoms with van der Waals surface area (Å²) in [5.74, 6) is 0.839. The number of aliphatic hydroxyl groups excluding tert-OH is 1. The summed E-state index contributed by atoms with van der Waals surface area (Å²) in [5.41, 5.74) is 0. The summed E-state index contributed by atoms with van der Waals surface area (Å²) in [5, 5.41) is 8.64. The molecule has 0 amide bonds. The molecule has 1 N–H and O–H groups in total. The van der Waals surface area contributed by atoms with Crippen LogP contribution in [0.15, 0.2) is 0 Å². The molecule has 0 spiro atoms. The summed E-state index contributed by atoms with van der Waals surface area (Å²) in [6, 6.07) is 0. The Morgan fingerprint density at radius 1 is 1.27 bits per heavy atom. The molecule has 2 rings (SSSR count). The van der Waals surface area contributed by atoms with E-state index in [0.717, 1.165) is 12.3 Å². The molecule has 2 fully saturated rings. The highest BCUT2D eigenvalue weighted by molar-refractivity contribution is 4.91. The molecule has 3 unspecified atom stereocenters. The minimum absolute atomic E-state index is 0.353. The van der Waals surface area contributed by atoms with Gasteiger partial charge in [-0.05, 0) is 38.0 Å². The Kier molecular flexibility index (Phi) is 2.14. The van der Waals surface area contributed by atoms with Crippen LogP contribution in [-0.4, -0.2) is 23.9 Å². The van der Waals surface area contributed by atoms with Crippen LogP contribution in [0.1, 0.15) is 32.1 Å². The first-order chi connectivity index (χ1) is 5.40. The Labute approximate surface area is 67.6 Å². The molecule has 3 atom stereocenters. The van der Waals surface area contributed by atoms with Gasteiger partial charge >= 0.3 is 0 Å². The lowest BCUT2D eigenvalue weighted by Gasteiger charge is -2.17. The van der Waals surface area contributed by atoms with Crippen LogP contribution in [-0.2, 0) is 4.74 Å². The van der Waals surface area contributed by atoms with E-state index in [-0.39, 0.29) is 0 Å². The predicted octanol–water partition coefficient (Wildman–Crippen LogP) is 1.33. The zero-order valence-electron chi connectivity index (χ0n) is 6.83. The Hall–Kier alpha value is -0.0800. The summed E-state index contributed by atoms with van der Waals surface area (Å²) in [4.78, 5) is 0. The lowest BCUT2D eigenvalue weighted by Crippen LogP contribution is -2.13. The molecule has 0 radical (unpaired) electrons. The van der Waals surface area contributed by atoms with Crippen molar-refractivity contribution in [2.24, 2.45) is 5.92 Å². The smallest absolute Gasteiger partial charge is 0.0844 e. The molecule has 1 saturated heterocycles. The van der Waals surface area contributed by atoms with Gasteiger partial charge in [-0.2, -0.15) is 0 Å². The van der Waals surface area contributed by atoms with E-state index in [1.54, 1.807) is 0 Å². The highest BCUT2D eigenvalue weighted by atomic mass is 16.6. The highest BCUT2D eigenvalue weighted by Crippen LogP contribution is 2.40. The fourth-order valence-corrected chi connectivity index (χ4v) is 2.13. The van der Waals surface area contributed by atoms with Gasteiger partial charge in [-0.25, -0.2) is 0 Å². The fourth-order valence-electron chi connectivity index (χ4n) is 2.13. The molecule has 1 heterocycles. The van der Waals surface area contributed by atoms with Crippen LogP contribution in [0.3, 0.4) is 0 Å². The quantitative estimate of drug-likeness (QED) is 0.625. The van der Waals surface area contributed by atoms with Crippen LogP contribution < -0.4 is 0 Å². The Balaban J connectivity index is 1.68. The number of fused-ring (bicyclic) bond motifs is 1. The first kappa shape index (κ1) is 7.56. The first-order valence-electron chi connectivity index (χ1n) is 4.66. The molecule has 1 saturated carbocycles. The SMILES string of the molecule is OCCCC1CCC2OC2C1. The zero-order chi connectivity index (χ0) is 7.68. The number of ether oxygens (including phenoxy) is 1. The number of rotatable bonds is 3. The van der Waals surface area contributed by atoms with E-state index in [0.29, 0.717) is 18.8 Å². The molecule has 2 heteroatoms. The number of hydrogen-bond acceptors (Lipinski definition) is 2. The summed E-state index contributed by atoms with van der Waals surface area (Å²) in [7, 11) is 0. The van der Waals surface area contributed by atoms with Gasteiger partial charge in [0.1, 0.15) is 0 Å². The van der Waals surface area contributed by atoms with Gasteiger partial charge in [0.05, 0.1) is 12.2 Å². The van der Waals surface area contributed by atoms with Crippen molar-refractivity contribution in [2.45, 2.75) is 44.3 Å². The van der Waals surface area contributed by atoms with Crippen LogP contribution in [0.5, 0.6) is 0 Å². The summed E-state index contributed by atoms with van der Waals surface area (Å²) in [6.45, 7) is 0.353. The van der Waals surface area contributed by atoms with E-state index in [1.807, 2.05) is 0 Å². The lowest BCUT2D eigenvalue weighted by molar-refractivity contribution is 0.258. The maximum atomic E-state index is 8.64. The second-order valence-corrected chi connectivity index (χ2v) is 3.76. The third kappa shape index (κ3) is 1.74. The maximum absolute atomic E-state index is 8.64. The van der Waals surface area contributed by atoms with E-state index in [4.69, 9.17) is 9.84 Å². The number of epoxide rings is 1. The summed E-state index contributed by atoms with van der Waals surface area (Å²) >= 11 is 0. The van der Waals surface area contributed by atoms with Crippen LogP contribution in [0, 0.1) is 5.92 Å². The first-order valence-corrected chi connectivity index (χ1v) is 4.66. The van der Waals surface area contributed by atoms with Gasteiger partial charge < -0.3 is 9.84 Å². The largest absolute Gasteiger partial charge is 0.396 e. The average Bonchev–Trinajstić information content (AvgIpc) is 2.78. The van der Waals surface area contributed by atoms with Gasteiger partial charge in [-0.1, -0.05) is 0 Å². The molecular weight excluding hydrogens is 140 g/mol. The minimum Gasteiger partial charge on any atom is -0.396 e. The molecule has 1 aliphatic heterocycles. The topological polar surface area (TPSA) is 32.8 Å².